The average Bonchev–Trinajstić information content (AvgIpc) is 3.66. The van der Waals surface area contributed by atoms with E-state index in [2.05, 4.69) is 143 Å². The molecule has 0 saturated heterocycles. The summed E-state index contributed by atoms with van der Waals surface area (Å²) in [6.07, 6.45) is 0. The Labute approximate surface area is 223 Å². The summed E-state index contributed by atoms with van der Waals surface area (Å²) in [5, 5.41) is 7.10. The zero-order valence-corrected chi connectivity index (χ0v) is 21.0. The first-order chi connectivity index (χ1) is 19.4. The van der Waals surface area contributed by atoms with Crippen LogP contribution in [0.2, 0.25) is 0 Å². The molecule has 0 amide bonds. The van der Waals surface area contributed by atoms with E-state index in [0.717, 1.165) is 44.3 Å². The Morgan fingerprint density at radius 1 is 0.333 bits per heavy atom. The summed E-state index contributed by atoms with van der Waals surface area (Å²) in [5.74, 6) is 0. The number of fused-ring (bicyclic) bond motifs is 11. The highest BCUT2D eigenvalue weighted by Crippen LogP contribution is 2.44. The molecule has 0 spiro atoms. The first-order valence-electron chi connectivity index (χ1n) is 13.3. The highest BCUT2D eigenvalue weighted by Gasteiger charge is 2.22. The van der Waals surface area contributed by atoms with Crippen LogP contribution in [0.5, 0.6) is 0 Å². The minimum atomic E-state index is 0.917. The monoisotopic (exact) mass is 498 g/mol. The summed E-state index contributed by atoms with van der Waals surface area (Å²) in [5.41, 5.74) is 8.64. The van der Waals surface area contributed by atoms with E-state index in [0.29, 0.717) is 0 Å². The fraction of sp³-hybridized carbons (Fsp3) is 0. The van der Waals surface area contributed by atoms with Crippen molar-refractivity contribution in [3.8, 4) is 11.4 Å². The molecule has 3 nitrogen and oxygen atoms in total. The number of hydrogen-bond donors (Lipinski definition) is 0. The SMILES string of the molecule is c1ccc(-n2c3ccccc3c3ccc4c5ccc6c7ccccc7n(-c7ccccc7)c6c5oc4c32)cc1. The number of aromatic nitrogens is 2. The van der Waals surface area contributed by atoms with Crippen molar-refractivity contribution < 1.29 is 4.42 Å². The Kier molecular flexibility index (Phi) is 4.05. The molecule has 6 aromatic carbocycles. The second kappa shape index (κ2) is 7.62. The first-order valence-corrected chi connectivity index (χ1v) is 13.3. The van der Waals surface area contributed by atoms with Gasteiger partial charge in [0.2, 0.25) is 0 Å². The number of benzene rings is 6. The molecule has 3 heteroatoms. The van der Waals surface area contributed by atoms with Crippen LogP contribution in [0.1, 0.15) is 0 Å². The Morgan fingerprint density at radius 2 is 0.718 bits per heavy atom. The molecule has 0 fully saturated rings. The molecule has 0 atom stereocenters. The van der Waals surface area contributed by atoms with Crippen molar-refractivity contribution in [3.63, 3.8) is 0 Å². The van der Waals surface area contributed by atoms with Gasteiger partial charge >= 0.3 is 0 Å². The van der Waals surface area contributed by atoms with Crippen LogP contribution in [0.25, 0.3) is 76.9 Å². The van der Waals surface area contributed by atoms with E-state index in [1.165, 1.54) is 32.6 Å². The van der Waals surface area contributed by atoms with Crippen LogP contribution in [0.15, 0.2) is 138 Å². The largest absolute Gasteiger partial charge is 0.452 e. The normalized spacial score (nSPS) is 12.1. The van der Waals surface area contributed by atoms with E-state index in [9.17, 15) is 0 Å². The zero-order chi connectivity index (χ0) is 25.5. The number of para-hydroxylation sites is 4. The van der Waals surface area contributed by atoms with Gasteiger partial charge in [-0.1, -0.05) is 84.9 Å². The van der Waals surface area contributed by atoms with Gasteiger partial charge in [0.25, 0.3) is 0 Å². The second-order valence-corrected chi connectivity index (χ2v) is 10.2. The Hall–Kier alpha value is -5.28. The zero-order valence-electron chi connectivity index (χ0n) is 21.0. The van der Waals surface area contributed by atoms with Crippen molar-refractivity contribution in [1.29, 1.82) is 0 Å². The Balaban J connectivity index is 1.52. The third kappa shape index (κ3) is 2.71. The molecule has 0 saturated carbocycles. The van der Waals surface area contributed by atoms with E-state index in [1.807, 2.05) is 0 Å². The van der Waals surface area contributed by atoms with Gasteiger partial charge in [0.05, 0.1) is 22.1 Å². The number of nitrogens with zero attached hydrogens (tertiary/aromatic N) is 2. The molecule has 9 aromatic rings. The maximum absolute atomic E-state index is 7.02. The van der Waals surface area contributed by atoms with Gasteiger partial charge < -0.3 is 13.6 Å². The fourth-order valence-electron chi connectivity index (χ4n) is 6.48. The van der Waals surface area contributed by atoms with Crippen molar-refractivity contribution in [2.24, 2.45) is 0 Å². The Bertz CT molecular complexity index is 2200. The van der Waals surface area contributed by atoms with E-state index < -0.39 is 0 Å². The minimum absolute atomic E-state index is 0.917. The van der Waals surface area contributed by atoms with Gasteiger partial charge in [-0.05, 0) is 48.5 Å². The molecule has 3 heterocycles. The lowest BCUT2D eigenvalue weighted by Crippen LogP contribution is -1.93. The maximum Gasteiger partial charge on any atom is 0.160 e. The molecule has 0 N–H and O–H groups in total. The van der Waals surface area contributed by atoms with E-state index in [4.69, 9.17) is 4.42 Å². The van der Waals surface area contributed by atoms with E-state index >= 15 is 0 Å². The summed E-state index contributed by atoms with van der Waals surface area (Å²) in [6, 6.07) is 47.4. The van der Waals surface area contributed by atoms with Crippen LogP contribution in [0, 0.1) is 0 Å². The fourth-order valence-corrected chi connectivity index (χ4v) is 6.48. The smallest absolute Gasteiger partial charge is 0.160 e. The van der Waals surface area contributed by atoms with Crippen molar-refractivity contribution in [2.45, 2.75) is 0 Å². The van der Waals surface area contributed by atoms with Crippen LogP contribution < -0.4 is 0 Å². The van der Waals surface area contributed by atoms with Gasteiger partial charge in [-0.15, -0.1) is 0 Å². The quantitative estimate of drug-likeness (QED) is 0.233. The number of rotatable bonds is 2. The predicted molar refractivity (Wildman–Crippen MR) is 162 cm³/mol. The molecule has 182 valence electrons. The summed E-state index contributed by atoms with van der Waals surface area (Å²) < 4.78 is 11.7. The van der Waals surface area contributed by atoms with Gasteiger partial charge in [0.1, 0.15) is 0 Å². The van der Waals surface area contributed by atoms with Crippen LogP contribution >= 0.6 is 0 Å². The lowest BCUT2D eigenvalue weighted by atomic mass is 10.1. The van der Waals surface area contributed by atoms with Gasteiger partial charge in [-0.25, -0.2) is 0 Å². The topological polar surface area (TPSA) is 23.0 Å². The molecular formula is C36H22N2O. The predicted octanol–water partition coefficient (Wildman–Crippen LogP) is 9.78. The average molecular weight is 499 g/mol. The molecule has 0 aliphatic carbocycles. The third-order valence-corrected chi connectivity index (χ3v) is 8.10. The molecule has 0 radical (unpaired) electrons. The molecule has 0 aliphatic rings. The summed E-state index contributed by atoms with van der Waals surface area (Å²) in [6.45, 7) is 0. The second-order valence-electron chi connectivity index (χ2n) is 10.2. The maximum atomic E-state index is 7.02. The summed E-state index contributed by atoms with van der Waals surface area (Å²) in [4.78, 5) is 0. The van der Waals surface area contributed by atoms with Gasteiger partial charge in [0, 0.05) is 43.7 Å². The van der Waals surface area contributed by atoms with Crippen LogP contribution in [0.3, 0.4) is 0 Å². The number of furan rings is 1. The molecular weight excluding hydrogens is 476 g/mol. The summed E-state index contributed by atoms with van der Waals surface area (Å²) >= 11 is 0. The molecule has 9 rings (SSSR count). The number of hydrogen-bond acceptors (Lipinski definition) is 1. The molecule has 39 heavy (non-hydrogen) atoms. The lowest BCUT2D eigenvalue weighted by molar-refractivity contribution is 0.673. The van der Waals surface area contributed by atoms with Crippen molar-refractivity contribution in [3.05, 3.63) is 133 Å². The summed E-state index contributed by atoms with van der Waals surface area (Å²) in [7, 11) is 0. The Morgan fingerprint density at radius 3 is 1.18 bits per heavy atom. The molecule has 0 bridgehead atoms. The van der Waals surface area contributed by atoms with Gasteiger partial charge in [0.15, 0.2) is 11.2 Å². The van der Waals surface area contributed by atoms with Gasteiger partial charge in [-0.3, -0.25) is 0 Å². The van der Waals surface area contributed by atoms with E-state index in [-0.39, 0.29) is 0 Å². The van der Waals surface area contributed by atoms with Crippen molar-refractivity contribution >= 4 is 65.6 Å². The molecule has 0 unspecified atom stereocenters. The first kappa shape index (κ1) is 20.7. The van der Waals surface area contributed by atoms with Crippen molar-refractivity contribution in [2.75, 3.05) is 0 Å². The minimum Gasteiger partial charge on any atom is -0.452 e. The van der Waals surface area contributed by atoms with Crippen LogP contribution in [-0.2, 0) is 0 Å². The third-order valence-electron chi connectivity index (χ3n) is 8.10. The van der Waals surface area contributed by atoms with Crippen LogP contribution in [-0.4, -0.2) is 9.13 Å². The van der Waals surface area contributed by atoms with Crippen molar-refractivity contribution in [1.82, 2.24) is 9.13 Å². The van der Waals surface area contributed by atoms with Gasteiger partial charge in [-0.2, -0.15) is 0 Å². The lowest BCUT2D eigenvalue weighted by Gasteiger charge is -2.08. The standard InChI is InChI=1S/C36H22N2O/c1-3-11-23(12-4-1)37-31-17-9-7-15-25(31)27-19-21-29-30-22-20-28-26-16-8-10-18-32(26)38(24-13-5-2-6-14-24)34(28)36(30)39-35(29)33(27)37/h1-22H. The molecule has 0 aliphatic heterocycles. The molecule has 3 aromatic heterocycles. The highest BCUT2D eigenvalue weighted by molar-refractivity contribution is 6.26. The van der Waals surface area contributed by atoms with Crippen LogP contribution in [0.4, 0.5) is 0 Å². The van der Waals surface area contributed by atoms with E-state index in [1.54, 1.807) is 0 Å². The highest BCUT2D eigenvalue weighted by atomic mass is 16.3.